The molecule has 0 fully saturated rings. The molecular weight excluding hydrogens is 310 g/mol. The Labute approximate surface area is 136 Å². The van der Waals surface area contributed by atoms with Crippen molar-refractivity contribution in [3.8, 4) is 22.5 Å². The Morgan fingerprint density at radius 1 is 0.875 bits per heavy atom. The van der Waals surface area contributed by atoms with Gasteiger partial charge < -0.3 is 0 Å². The van der Waals surface area contributed by atoms with Gasteiger partial charge >= 0.3 is 0 Å². The van der Waals surface area contributed by atoms with Crippen molar-refractivity contribution in [1.29, 1.82) is 0 Å². The first-order valence-electron chi connectivity index (χ1n) is 7.34. The van der Waals surface area contributed by atoms with Crippen LogP contribution in [-0.2, 0) is 0 Å². The van der Waals surface area contributed by atoms with Crippen LogP contribution >= 0.6 is 0 Å². The van der Waals surface area contributed by atoms with Crippen LogP contribution in [0.4, 0.5) is 8.78 Å². The second-order valence-corrected chi connectivity index (χ2v) is 5.52. The summed E-state index contributed by atoms with van der Waals surface area (Å²) in [5, 5.41) is 4.10. The van der Waals surface area contributed by atoms with Gasteiger partial charge in [-0.1, -0.05) is 29.8 Å². The van der Waals surface area contributed by atoms with Gasteiger partial charge in [0.15, 0.2) is 0 Å². The average Bonchev–Trinajstić information content (AvgIpc) is 3.02. The third-order valence-electron chi connectivity index (χ3n) is 3.76. The lowest BCUT2D eigenvalue weighted by Gasteiger charge is -2.08. The molecule has 0 N–H and O–H groups in total. The first kappa shape index (κ1) is 14.4. The molecule has 2 heterocycles. The highest BCUT2D eigenvalue weighted by Gasteiger charge is 2.13. The Bertz CT molecular complexity index is 1020. The van der Waals surface area contributed by atoms with Gasteiger partial charge in [0, 0.05) is 17.2 Å². The number of halogens is 2. The highest BCUT2D eigenvalue weighted by molar-refractivity contribution is 5.70. The quantitative estimate of drug-likeness (QED) is 0.559. The maximum Gasteiger partial charge on any atom is 0.253 e. The van der Waals surface area contributed by atoms with E-state index in [1.807, 2.05) is 31.2 Å². The number of aryl methyl sites for hydroxylation is 1. The molecule has 4 rings (SSSR count). The molecule has 6 heteroatoms. The molecule has 0 aliphatic rings. The van der Waals surface area contributed by atoms with E-state index in [0.717, 1.165) is 17.2 Å². The fourth-order valence-electron chi connectivity index (χ4n) is 2.59. The molecule has 0 atom stereocenters. The molecule has 2 aromatic heterocycles. The SMILES string of the molecule is Cc1ccc(-c2cc(-c3cc(F)cc(F)c3)n3ncnc3n2)cc1. The molecule has 118 valence electrons. The van der Waals surface area contributed by atoms with Crippen LogP contribution in [0.15, 0.2) is 54.9 Å². The summed E-state index contributed by atoms with van der Waals surface area (Å²) in [5.74, 6) is -0.924. The normalized spacial score (nSPS) is 11.1. The van der Waals surface area contributed by atoms with Crippen LogP contribution in [0.1, 0.15) is 5.56 Å². The van der Waals surface area contributed by atoms with Gasteiger partial charge in [-0.15, -0.1) is 0 Å². The van der Waals surface area contributed by atoms with Gasteiger partial charge in [-0.05, 0) is 25.1 Å². The van der Waals surface area contributed by atoms with Crippen molar-refractivity contribution in [3.05, 3.63) is 72.1 Å². The molecule has 0 unspecified atom stereocenters. The van der Waals surface area contributed by atoms with Crippen LogP contribution in [0.2, 0.25) is 0 Å². The highest BCUT2D eigenvalue weighted by Crippen LogP contribution is 2.26. The zero-order valence-corrected chi connectivity index (χ0v) is 12.7. The van der Waals surface area contributed by atoms with Crippen LogP contribution < -0.4 is 0 Å². The number of rotatable bonds is 2. The van der Waals surface area contributed by atoms with Crippen LogP contribution in [0, 0.1) is 18.6 Å². The number of hydrogen-bond acceptors (Lipinski definition) is 3. The van der Waals surface area contributed by atoms with E-state index in [-0.39, 0.29) is 0 Å². The minimum absolute atomic E-state index is 0.368. The molecule has 4 aromatic rings. The molecule has 0 aliphatic heterocycles. The summed E-state index contributed by atoms with van der Waals surface area (Å²) in [6.07, 6.45) is 1.36. The van der Waals surface area contributed by atoms with Gasteiger partial charge in [0.05, 0.1) is 11.4 Å². The molecule has 0 amide bonds. The zero-order chi connectivity index (χ0) is 16.7. The maximum absolute atomic E-state index is 13.6. The van der Waals surface area contributed by atoms with Gasteiger partial charge in [-0.3, -0.25) is 0 Å². The largest absolute Gasteiger partial charge is 0.253 e. The number of benzene rings is 2. The van der Waals surface area contributed by atoms with Crippen LogP contribution in [-0.4, -0.2) is 19.6 Å². The summed E-state index contributed by atoms with van der Waals surface area (Å²) in [7, 11) is 0. The van der Waals surface area contributed by atoms with Crippen LogP contribution in [0.3, 0.4) is 0 Å². The van der Waals surface area contributed by atoms with Gasteiger partial charge in [0.25, 0.3) is 5.78 Å². The standard InChI is InChI=1S/C18H12F2N4/c1-11-2-4-12(5-3-11)16-9-17(24-18(23-16)21-10-22-24)13-6-14(19)8-15(20)7-13/h2-10H,1H3. The lowest BCUT2D eigenvalue weighted by molar-refractivity contribution is 0.584. The maximum atomic E-state index is 13.6. The zero-order valence-electron chi connectivity index (χ0n) is 12.7. The molecular formula is C18H12F2N4. The van der Waals surface area contributed by atoms with Crippen molar-refractivity contribution in [2.24, 2.45) is 0 Å². The minimum Gasteiger partial charge on any atom is -0.211 e. The molecule has 24 heavy (non-hydrogen) atoms. The van der Waals surface area contributed by atoms with E-state index in [1.165, 1.54) is 23.0 Å². The van der Waals surface area contributed by atoms with Crippen LogP contribution in [0.25, 0.3) is 28.3 Å². The van der Waals surface area contributed by atoms with E-state index in [0.29, 0.717) is 22.7 Å². The molecule has 0 bridgehead atoms. The van der Waals surface area contributed by atoms with Gasteiger partial charge in [0.1, 0.15) is 18.0 Å². The Hall–Kier alpha value is -3.15. The molecule has 0 saturated carbocycles. The molecule has 2 aromatic carbocycles. The predicted octanol–water partition coefficient (Wildman–Crippen LogP) is 4.04. The van der Waals surface area contributed by atoms with Crippen molar-refractivity contribution in [1.82, 2.24) is 19.6 Å². The second-order valence-electron chi connectivity index (χ2n) is 5.52. The highest BCUT2D eigenvalue weighted by atomic mass is 19.1. The Morgan fingerprint density at radius 2 is 1.58 bits per heavy atom. The fourth-order valence-corrected chi connectivity index (χ4v) is 2.59. The predicted molar refractivity (Wildman–Crippen MR) is 86.3 cm³/mol. The third-order valence-corrected chi connectivity index (χ3v) is 3.76. The minimum atomic E-state index is -0.646. The summed E-state index contributed by atoms with van der Waals surface area (Å²) in [4.78, 5) is 8.57. The number of aromatic nitrogens is 4. The van der Waals surface area contributed by atoms with E-state index in [9.17, 15) is 8.78 Å². The van der Waals surface area contributed by atoms with E-state index in [4.69, 9.17) is 0 Å². The van der Waals surface area contributed by atoms with Crippen LogP contribution in [0.5, 0.6) is 0 Å². The van der Waals surface area contributed by atoms with Gasteiger partial charge in [-0.2, -0.15) is 14.6 Å². The molecule has 4 nitrogen and oxygen atoms in total. The van der Waals surface area contributed by atoms with E-state index < -0.39 is 11.6 Å². The second kappa shape index (κ2) is 5.49. The van der Waals surface area contributed by atoms with Crippen molar-refractivity contribution >= 4 is 5.78 Å². The number of hydrogen-bond donors (Lipinski definition) is 0. The summed E-state index contributed by atoms with van der Waals surface area (Å²) in [5.41, 5.74) is 3.58. The topological polar surface area (TPSA) is 43.1 Å². The lowest BCUT2D eigenvalue weighted by Crippen LogP contribution is -1.99. The number of fused-ring (bicyclic) bond motifs is 1. The first-order valence-corrected chi connectivity index (χ1v) is 7.34. The number of nitrogens with zero attached hydrogens (tertiary/aromatic N) is 4. The summed E-state index contributed by atoms with van der Waals surface area (Å²) < 4.78 is 28.7. The summed E-state index contributed by atoms with van der Waals surface area (Å²) in [6.45, 7) is 2.00. The monoisotopic (exact) mass is 322 g/mol. The molecule has 0 radical (unpaired) electrons. The molecule has 0 spiro atoms. The van der Waals surface area contributed by atoms with Crippen molar-refractivity contribution in [2.75, 3.05) is 0 Å². The summed E-state index contributed by atoms with van der Waals surface area (Å²) in [6, 6.07) is 13.0. The fraction of sp³-hybridized carbons (Fsp3) is 0.0556. The van der Waals surface area contributed by atoms with Crippen molar-refractivity contribution in [2.45, 2.75) is 6.92 Å². The third kappa shape index (κ3) is 2.52. The first-order chi connectivity index (χ1) is 11.6. The van der Waals surface area contributed by atoms with Gasteiger partial charge in [0.2, 0.25) is 0 Å². The molecule has 0 aliphatic carbocycles. The molecule has 0 saturated heterocycles. The lowest BCUT2D eigenvalue weighted by atomic mass is 10.1. The Balaban J connectivity index is 1.97. The van der Waals surface area contributed by atoms with E-state index in [2.05, 4.69) is 15.1 Å². The van der Waals surface area contributed by atoms with Crippen molar-refractivity contribution in [3.63, 3.8) is 0 Å². The van der Waals surface area contributed by atoms with E-state index >= 15 is 0 Å². The van der Waals surface area contributed by atoms with E-state index in [1.54, 1.807) is 6.07 Å². The Kier molecular flexibility index (Phi) is 3.30. The van der Waals surface area contributed by atoms with Crippen molar-refractivity contribution < 1.29 is 8.78 Å². The summed E-state index contributed by atoms with van der Waals surface area (Å²) >= 11 is 0. The Morgan fingerprint density at radius 3 is 2.29 bits per heavy atom. The smallest absolute Gasteiger partial charge is 0.211 e. The average molecular weight is 322 g/mol. The van der Waals surface area contributed by atoms with Gasteiger partial charge in [-0.25, -0.2) is 13.8 Å².